The van der Waals surface area contributed by atoms with E-state index in [-0.39, 0.29) is 41.0 Å². The van der Waals surface area contributed by atoms with Gasteiger partial charge in [0.05, 0.1) is 29.6 Å². The third-order valence-electron chi connectivity index (χ3n) is 8.89. The zero-order valence-electron chi connectivity index (χ0n) is 22.5. The lowest BCUT2D eigenvalue weighted by Crippen LogP contribution is -2.59. The molecule has 0 radical (unpaired) electrons. The summed E-state index contributed by atoms with van der Waals surface area (Å²) in [6, 6.07) is 0.00388. The van der Waals surface area contributed by atoms with Crippen molar-refractivity contribution in [2.75, 3.05) is 40.4 Å². The van der Waals surface area contributed by atoms with Gasteiger partial charge in [0, 0.05) is 39.4 Å². The Morgan fingerprint density at radius 2 is 1.89 bits per heavy atom. The van der Waals surface area contributed by atoms with E-state index in [2.05, 4.69) is 25.8 Å². The Morgan fingerprint density at radius 1 is 1.16 bits per heavy atom. The predicted molar refractivity (Wildman–Crippen MR) is 141 cm³/mol. The molecular formula is C27H42N6O4. The first kappa shape index (κ1) is 27.2. The molecule has 4 aliphatic rings. The Morgan fingerprint density at radius 3 is 2.54 bits per heavy atom. The van der Waals surface area contributed by atoms with Gasteiger partial charge in [0.25, 0.3) is 5.91 Å². The number of primary amides is 1. The molecule has 1 saturated heterocycles. The summed E-state index contributed by atoms with van der Waals surface area (Å²) in [5.74, 6) is 1.20. The summed E-state index contributed by atoms with van der Waals surface area (Å²) in [6.07, 6.45) is 9.69. The second kappa shape index (κ2) is 10.8. The molecule has 5 N–H and O–H groups in total. The van der Waals surface area contributed by atoms with Crippen molar-refractivity contribution >= 4 is 23.9 Å². The molecule has 3 saturated carbocycles. The highest BCUT2D eigenvalue weighted by molar-refractivity contribution is 6.12. The van der Waals surface area contributed by atoms with E-state index in [1.54, 1.807) is 32.6 Å². The topological polar surface area (TPSA) is 138 Å². The van der Waals surface area contributed by atoms with Crippen LogP contribution in [0, 0.1) is 28.6 Å². The van der Waals surface area contributed by atoms with Gasteiger partial charge in [-0.15, -0.1) is 0 Å². The monoisotopic (exact) mass is 514 g/mol. The van der Waals surface area contributed by atoms with Gasteiger partial charge in [0.2, 0.25) is 11.8 Å². The molecule has 0 aromatic carbocycles. The van der Waals surface area contributed by atoms with E-state index in [0.717, 1.165) is 32.1 Å². The van der Waals surface area contributed by atoms with Crippen molar-refractivity contribution in [1.82, 2.24) is 20.9 Å². The summed E-state index contributed by atoms with van der Waals surface area (Å²) >= 11 is 0. The fraction of sp³-hybridized carbons (Fsp3) is 0.704. The van der Waals surface area contributed by atoms with Gasteiger partial charge in [-0.05, 0) is 69.9 Å². The number of hydrogen-bond donors (Lipinski definition) is 4. The van der Waals surface area contributed by atoms with Gasteiger partial charge in [-0.25, -0.2) is 0 Å². The largest absolute Gasteiger partial charge is 0.378 e. The number of nitrogens with one attached hydrogen (secondary N) is 3. The number of nitrogens with zero attached hydrogens (tertiary/aromatic N) is 2. The molecule has 4 fully saturated rings. The van der Waals surface area contributed by atoms with Crippen molar-refractivity contribution in [1.29, 1.82) is 0 Å². The molecule has 0 spiro atoms. The standard InChI is InChI=1S/C27H42N6O4/c1-26(2,25(36)30-4)7-8-31-22(33-9-11-37-12-10-33)19(16-29-3)23(34)32-21-6-5-17-13-20-18(21)15-27(20,14-17)24(28)35/h7-8,16-18,20-21,31H,5-6,9-15H2,1-4H3,(H2,28,35)(H,30,36)(H,32,34)/b8-7+,22-19-,29-16-/t17?,18?,20?,21-,27-/m1/s1. The number of ether oxygens (including phenoxy) is 1. The van der Waals surface area contributed by atoms with Crippen LogP contribution in [0.25, 0.3) is 0 Å². The fourth-order valence-electron chi connectivity index (χ4n) is 6.85. The zero-order chi connectivity index (χ0) is 26.8. The van der Waals surface area contributed by atoms with E-state index < -0.39 is 5.41 Å². The molecule has 3 unspecified atom stereocenters. The molecule has 5 atom stereocenters. The van der Waals surface area contributed by atoms with Gasteiger partial charge in [-0.3, -0.25) is 19.4 Å². The maximum Gasteiger partial charge on any atom is 0.256 e. The van der Waals surface area contributed by atoms with Crippen molar-refractivity contribution in [2.24, 2.45) is 39.3 Å². The molecule has 1 heterocycles. The summed E-state index contributed by atoms with van der Waals surface area (Å²) in [7, 11) is 3.26. The molecule has 10 heteroatoms. The lowest BCUT2D eigenvalue weighted by molar-refractivity contribution is -0.145. The van der Waals surface area contributed by atoms with E-state index >= 15 is 0 Å². The van der Waals surface area contributed by atoms with Crippen LogP contribution in [-0.2, 0) is 19.1 Å². The first-order valence-electron chi connectivity index (χ1n) is 13.4. The molecule has 37 heavy (non-hydrogen) atoms. The molecule has 1 aliphatic heterocycles. The Hall–Kier alpha value is -2.88. The molecule has 204 valence electrons. The van der Waals surface area contributed by atoms with E-state index in [1.165, 1.54) is 0 Å². The number of nitrogens with two attached hydrogens (primary N) is 1. The van der Waals surface area contributed by atoms with Crippen LogP contribution >= 0.6 is 0 Å². The third kappa shape index (κ3) is 5.26. The van der Waals surface area contributed by atoms with E-state index in [1.807, 2.05) is 13.8 Å². The highest BCUT2D eigenvalue weighted by atomic mass is 16.5. The summed E-state index contributed by atoms with van der Waals surface area (Å²) in [6.45, 7) is 6.02. The third-order valence-corrected chi connectivity index (χ3v) is 8.89. The SMILES string of the molecule is C/N=C\C(C(=O)N[C@@H]1CCC2CC3C1C[C@]3(C(N)=O)C2)=C(/N/C=C/C(C)(C)C(=O)NC)N1CCOCC1. The molecule has 3 aliphatic carbocycles. The number of amides is 3. The quantitative estimate of drug-likeness (QED) is 0.266. The van der Waals surface area contributed by atoms with Crippen LogP contribution in [0.1, 0.15) is 46.0 Å². The number of fused-ring (bicyclic) bond motifs is 1. The molecule has 2 bridgehead atoms. The van der Waals surface area contributed by atoms with Gasteiger partial charge in [0.15, 0.2) is 0 Å². The van der Waals surface area contributed by atoms with Crippen LogP contribution in [0.4, 0.5) is 0 Å². The van der Waals surface area contributed by atoms with Gasteiger partial charge < -0.3 is 31.3 Å². The van der Waals surface area contributed by atoms with Crippen LogP contribution in [0.15, 0.2) is 28.7 Å². The van der Waals surface area contributed by atoms with Crippen molar-refractivity contribution < 1.29 is 19.1 Å². The van der Waals surface area contributed by atoms with Crippen LogP contribution in [0.2, 0.25) is 0 Å². The summed E-state index contributed by atoms with van der Waals surface area (Å²) < 4.78 is 5.53. The Kier molecular flexibility index (Phi) is 7.96. The zero-order valence-corrected chi connectivity index (χ0v) is 22.5. The highest BCUT2D eigenvalue weighted by Crippen LogP contribution is 2.66. The Balaban J connectivity index is 1.57. The number of aliphatic imine (C=N–C) groups is 1. The molecule has 0 aromatic heterocycles. The lowest BCUT2D eigenvalue weighted by Gasteiger charge is -2.53. The van der Waals surface area contributed by atoms with Gasteiger partial charge >= 0.3 is 0 Å². The summed E-state index contributed by atoms with van der Waals surface area (Å²) in [5.41, 5.74) is 5.17. The minimum Gasteiger partial charge on any atom is -0.378 e. The minimum atomic E-state index is -0.726. The van der Waals surface area contributed by atoms with Crippen molar-refractivity contribution in [3.05, 3.63) is 23.7 Å². The number of hydrogen-bond acceptors (Lipinski definition) is 7. The van der Waals surface area contributed by atoms with Gasteiger partial charge in [0.1, 0.15) is 5.82 Å². The smallest absolute Gasteiger partial charge is 0.256 e. The predicted octanol–water partition coefficient (Wildman–Crippen LogP) is 0.903. The first-order chi connectivity index (χ1) is 17.6. The first-order valence-corrected chi connectivity index (χ1v) is 13.4. The second-order valence-electron chi connectivity index (χ2n) is 11.5. The minimum absolute atomic E-state index is 0.00388. The highest BCUT2D eigenvalue weighted by Gasteiger charge is 2.65. The fourth-order valence-corrected chi connectivity index (χ4v) is 6.85. The van der Waals surface area contributed by atoms with Gasteiger partial charge in [-0.1, -0.05) is 6.08 Å². The van der Waals surface area contributed by atoms with Gasteiger partial charge in [-0.2, -0.15) is 0 Å². The molecule has 3 amide bonds. The molecule has 10 nitrogen and oxygen atoms in total. The van der Waals surface area contributed by atoms with Crippen molar-refractivity contribution in [3.63, 3.8) is 0 Å². The number of carbonyl (C=O) groups is 3. The van der Waals surface area contributed by atoms with E-state index in [0.29, 0.717) is 43.6 Å². The molecular weight excluding hydrogens is 472 g/mol. The molecule has 4 rings (SSSR count). The summed E-state index contributed by atoms with van der Waals surface area (Å²) in [5, 5.41) is 9.26. The van der Waals surface area contributed by atoms with Crippen LogP contribution in [-0.4, -0.2) is 75.3 Å². The van der Waals surface area contributed by atoms with Crippen LogP contribution in [0.3, 0.4) is 0 Å². The van der Waals surface area contributed by atoms with E-state index in [9.17, 15) is 14.4 Å². The Bertz CT molecular complexity index is 999. The number of morpholine rings is 1. The number of carbonyl (C=O) groups excluding carboxylic acids is 3. The van der Waals surface area contributed by atoms with Crippen molar-refractivity contribution in [2.45, 2.75) is 52.0 Å². The van der Waals surface area contributed by atoms with Crippen molar-refractivity contribution in [3.8, 4) is 0 Å². The Labute approximate surface area is 219 Å². The maximum atomic E-state index is 13.8. The lowest BCUT2D eigenvalue weighted by atomic mass is 9.52. The molecule has 0 aromatic rings. The average Bonchev–Trinajstić information content (AvgIpc) is 3.07. The van der Waals surface area contributed by atoms with Crippen LogP contribution < -0.4 is 21.7 Å². The maximum absolute atomic E-state index is 13.8. The normalized spacial score (nSPS) is 31.9. The van der Waals surface area contributed by atoms with Crippen LogP contribution in [0.5, 0.6) is 0 Å². The van der Waals surface area contributed by atoms with E-state index in [4.69, 9.17) is 10.5 Å². The number of rotatable bonds is 9. The average molecular weight is 515 g/mol. The summed E-state index contributed by atoms with van der Waals surface area (Å²) in [4.78, 5) is 44.5. The second-order valence-corrected chi connectivity index (χ2v) is 11.5.